The lowest BCUT2D eigenvalue weighted by molar-refractivity contribution is 0.456. The highest BCUT2D eigenvalue weighted by Crippen LogP contribution is 2.24. The Hall–Kier alpha value is -0.530. The van der Waals surface area contributed by atoms with E-state index >= 15 is 0 Å². The highest BCUT2D eigenvalue weighted by Gasteiger charge is 2.11. The second kappa shape index (κ2) is 5.53. The highest BCUT2D eigenvalue weighted by atomic mass is 35.5. The van der Waals surface area contributed by atoms with E-state index < -0.39 is 0 Å². The van der Waals surface area contributed by atoms with E-state index in [-0.39, 0.29) is 0 Å². The molecule has 0 aromatic heterocycles. The molecular weight excluding hydrogens is 206 g/mol. The first-order valence-corrected chi connectivity index (χ1v) is 5.85. The molecule has 2 heteroatoms. The monoisotopic (exact) mass is 225 g/mol. The van der Waals surface area contributed by atoms with Crippen LogP contribution in [0.2, 0.25) is 5.02 Å². The number of nitrogens with one attached hydrogen (secondary N) is 1. The van der Waals surface area contributed by atoms with Crippen molar-refractivity contribution in [3.63, 3.8) is 0 Å². The Kier molecular flexibility index (Phi) is 4.62. The Balaban J connectivity index is 2.87. The van der Waals surface area contributed by atoms with Crippen LogP contribution in [0.5, 0.6) is 0 Å². The van der Waals surface area contributed by atoms with E-state index in [1.165, 1.54) is 5.56 Å². The van der Waals surface area contributed by atoms with E-state index in [2.05, 4.69) is 31.3 Å². The molecule has 1 atom stereocenters. The molecule has 84 valence electrons. The Morgan fingerprint density at radius 2 is 2.00 bits per heavy atom. The summed E-state index contributed by atoms with van der Waals surface area (Å²) < 4.78 is 0. The van der Waals surface area contributed by atoms with Gasteiger partial charge in [0.15, 0.2) is 0 Å². The van der Waals surface area contributed by atoms with Crippen LogP contribution in [-0.4, -0.2) is 7.05 Å². The molecule has 0 aliphatic rings. The molecule has 15 heavy (non-hydrogen) atoms. The quantitative estimate of drug-likeness (QED) is 0.818. The number of aryl methyl sites for hydroxylation is 1. The van der Waals surface area contributed by atoms with Crippen molar-refractivity contribution in [1.29, 1.82) is 0 Å². The third-order valence-electron chi connectivity index (χ3n) is 2.64. The van der Waals surface area contributed by atoms with Crippen LogP contribution in [0.25, 0.3) is 0 Å². The third kappa shape index (κ3) is 3.51. The largest absolute Gasteiger partial charge is 0.313 e. The number of hydrogen-bond acceptors (Lipinski definition) is 1. The predicted molar refractivity (Wildman–Crippen MR) is 67.4 cm³/mol. The summed E-state index contributed by atoms with van der Waals surface area (Å²) >= 11 is 6.01. The first-order chi connectivity index (χ1) is 7.04. The topological polar surface area (TPSA) is 12.0 Å². The van der Waals surface area contributed by atoms with Crippen LogP contribution in [0.1, 0.15) is 37.4 Å². The van der Waals surface area contributed by atoms with Crippen LogP contribution in [0.4, 0.5) is 0 Å². The SMILES string of the molecule is CNC(CC(C)C)c1ccc(Cl)c(C)c1. The normalized spacial score (nSPS) is 13.2. The lowest BCUT2D eigenvalue weighted by atomic mass is 9.96. The molecule has 0 fully saturated rings. The molecule has 0 saturated carbocycles. The lowest BCUT2D eigenvalue weighted by Gasteiger charge is -2.19. The van der Waals surface area contributed by atoms with E-state index in [9.17, 15) is 0 Å². The summed E-state index contributed by atoms with van der Waals surface area (Å²) in [6, 6.07) is 6.70. The summed E-state index contributed by atoms with van der Waals surface area (Å²) in [6.07, 6.45) is 1.15. The van der Waals surface area contributed by atoms with Gasteiger partial charge in [-0.1, -0.05) is 37.6 Å². The highest BCUT2D eigenvalue weighted by molar-refractivity contribution is 6.31. The van der Waals surface area contributed by atoms with E-state index in [0.29, 0.717) is 12.0 Å². The van der Waals surface area contributed by atoms with Crippen LogP contribution in [0, 0.1) is 12.8 Å². The third-order valence-corrected chi connectivity index (χ3v) is 3.06. The summed E-state index contributed by atoms with van der Waals surface area (Å²) in [4.78, 5) is 0. The van der Waals surface area contributed by atoms with E-state index in [1.807, 2.05) is 20.0 Å². The number of hydrogen-bond donors (Lipinski definition) is 1. The maximum absolute atomic E-state index is 6.01. The average molecular weight is 226 g/mol. The van der Waals surface area contributed by atoms with Crippen LogP contribution >= 0.6 is 11.6 Å². The maximum atomic E-state index is 6.01. The molecule has 1 aromatic carbocycles. The molecule has 1 aromatic rings. The minimum absolute atomic E-state index is 0.431. The van der Waals surface area contributed by atoms with Crippen molar-refractivity contribution >= 4 is 11.6 Å². The fourth-order valence-corrected chi connectivity index (χ4v) is 1.89. The van der Waals surface area contributed by atoms with Gasteiger partial charge in [-0.3, -0.25) is 0 Å². The summed E-state index contributed by atoms with van der Waals surface area (Å²) in [6.45, 7) is 6.54. The van der Waals surface area contributed by atoms with Crippen molar-refractivity contribution in [1.82, 2.24) is 5.32 Å². The molecule has 0 aliphatic carbocycles. The van der Waals surface area contributed by atoms with E-state index in [0.717, 1.165) is 17.0 Å². The van der Waals surface area contributed by atoms with Crippen molar-refractivity contribution in [3.05, 3.63) is 34.3 Å². The first kappa shape index (κ1) is 12.5. The zero-order chi connectivity index (χ0) is 11.4. The van der Waals surface area contributed by atoms with Gasteiger partial charge in [0.05, 0.1) is 0 Å². The van der Waals surface area contributed by atoms with Gasteiger partial charge in [0, 0.05) is 11.1 Å². The Morgan fingerprint density at radius 3 is 2.47 bits per heavy atom. The minimum Gasteiger partial charge on any atom is -0.313 e. The van der Waals surface area contributed by atoms with E-state index in [1.54, 1.807) is 0 Å². The van der Waals surface area contributed by atoms with Gasteiger partial charge in [0.2, 0.25) is 0 Å². The van der Waals surface area contributed by atoms with E-state index in [4.69, 9.17) is 11.6 Å². The minimum atomic E-state index is 0.431. The smallest absolute Gasteiger partial charge is 0.0435 e. The van der Waals surface area contributed by atoms with Gasteiger partial charge < -0.3 is 5.32 Å². The molecule has 1 N–H and O–H groups in total. The summed E-state index contributed by atoms with van der Waals surface area (Å²) in [7, 11) is 2.01. The van der Waals surface area contributed by atoms with Crippen molar-refractivity contribution in [3.8, 4) is 0 Å². The molecule has 1 unspecified atom stereocenters. The summed E-state index contributed by atoms with van der Waals surface area (Å²) in [5, 5.41) is 4.20. The Morgan fingerprint density at radius 1 is 1.33 bits per heavy atom. The van der Waals surface area contributed by atoms with Crippen LogP contribution < -0.4 is 5.32 Å². The van der Waals surface area contributed by atoms with Gasteiger partial charge in [-0.25, -0.2) is 0 Å². The molecule has 0 radical (unpaired) electrons. The van der Waals surface area contributed by atoms with Gasteiger partial charge in [0.25, 0.3) is 0 Å². The zero-order valence-electron chi connectivity index (χ0n) is 9.97. The second-order valence-corrected chi connectivity index (χ2v) is 4.89. The van der Waals surface area contributed by atoms with Crippen molar-refractivity contribution in [2.24, 2.45) is 5.92 Å². The van der Waals surface area contributed by atoms with Crippen molar-refractivity contribution < 1.29 is 0 Å². The van der Waals surface area contributed by atoms with Gasteiger partial charge in [-0.05, 0) is 43.5 Å². The number of benzene rings is 1. The number of rotatable bonds is 4. The molecule has 0 amide bonds. The maximum Gasteiger partial charge on any atom is 0.0435 e. The first-order valence-electron chi connectivity index (χ1n) is 5.48. The molecule has 0 saturated heterocycles. The van der Waals surface area contributed by atoms with Gasteiger partial charge in [-0.15, -0.1) is 0 Å². The molecule has 0 aliphatic heterocycles. The summed E-state index contributed by atoms with van der Waals surface area (Å²) in [5.74, 6) is 0.693. The number of halogens is 1. The molecule has 0 spiro atoms. The predicted octanol–water partition coefficient (Wildman–Crippen LogP) is 3.96. The molecular formula is C13H20ClN. The average Bonchev–Trinajstić information content (AvgIpc) is 2.18. The Labute approximate surface area is 97.8 Å². The van der Waals surface area contributed by atoms with Gasteiger partial charge >= 0.3 is 0 Å². The molecule has 0 heterocycles. The Bertz CT molecular complexity index is 320. The van der Waals surface area contributed by atoms with Crippen molar-refractivity contribution in [2.45, 2.75) is 33.2 Å². The van der Waals surface area contributed by atoms with Crippen LogP contribution in [0.3, 0.4) is 0 Å². The zero-order valence-corrected chi connectivity index (χ0v) is 10.7. The fraction of sp³-hybridized carbons (Fsp3) is 0.538. The lowest BCUT2D eigenvalue weighted by Crippen LogP contribution is -2.18. The van der Waals surface area contributed by atoms with Crippen LogP contribution in [0.15, 0.2) is 18.2 Å². The molecule has 1 nitrogen and oxygen atoms in total. The van der Waals surface area contributed by atoms with Crippen LogP contribution in [-0.2, 0) is 0 Å². The van der Waals surface area contributed by atoms with Gasteiger partial charge in [-0.2, -0.15) is 0 Å². The summed E-state index contributed by atoms with van der Waals surface area (Å²) in [5.41, 5.74) is 2.48. The fourth-order valence-electron chi connectivity index (χ4n) is 1.78. The second-order valence-electron chi connectivity index (χ2n) is 4.48. The van der Waals surface area contributed by atoms with Crippen molar-refractivity contribution in [2.75, 3.05) is 7.05 Å². The molecule has 0 bridgehead atoms. The van der Waals surface area contributed by atoms with Gasteiger partial charge in [0.1, 0.15) is 0 Å². The standard InChI is InChI=1S/C13H20ClN/c1-9(2)7-13(15-4)11-5-6-12(14)10(3)8-11/h5-6,8-9,13,15H,7H2,1-4H3. The molecule has 1 rings (SSSR count).